The zero-order valence-corrected chi connectivity index (χ0v) is 18.4. The molecule has 0 atom stereocenters. The Balaban J connectivity index is 1.62. The molecule has 10 heteroatoms. The third-order valence-corrected chi connectivity index (χ3v) is 4.76. The Labute approximate surface area is 192 Å². The highest BCUT2D eigenvalue weighted by molar-refractivity contribution is 7.81. The van der Waals surface area contributed by atoms with Gasteiger partial charge in [-0.3, -0.25) is 9.59 Å². The van der Waals surface area contributed by atoms with Gasteiger partial charge in [-0.15, -0.1) is 0 Å². The predicted molar refractivity (Wildman–Crippen MR) is 125 cm³/mol. The number of thiol groups is 1. The fourth-order valence-corrected chi connectivity index (χ4v) is 3.05. The van der Waals surface area contributed by atoms with E-state index in [0.29, 0.717) is 36.2 Å². The molecular weight excluding hydrogens is 426 g/mol. The summed E-state index contributed by atoms with van der Waals surface area (Å²) in [7, 11) is 0. The molecule has 0 aliphatic rings. The maximum Gasteiger partial charge on any atom is 0.251 e. The maximum absolute atomic E-state index is 12.7. The molecule has 0 spiro atoms. The fraction of sp³-hybridized carbons (Fsp3) is 0.273. The molecule has 9 nitrogen and oxygen atoms in total. The van der Waals surface area contributed by atoms with Crippen molar-refractivity contribution in [3.8, 4) is 0 Å². The predicted octanol–water partition coefficient (Wildman–Crippen LogP) is 2.68. The van der Waals surface area contributed by atoms with Crippen molar-refractivity contribution >= 4 is 42.0 Å². The number of nitrogens with zero attached hydrogens (tertiary/aromatic N) is 5. The monoisotopic (exact) mass is 451 g/mol. The minimum Gasteiger partial charge on any atom is -0.355 e. The number of aromatic nitrogens is 4. The maximum atomic E-state index is 12.7. The number of amides is 2. The van der Waals surface area contributed by atoms with Gasteiger partial charge in [0, 0.05) is 43.4 Å². The number of anilines is 3. The van der Waals surface area contributed by atoms with Gasteiger partial charge in [-0.05, 0) is 49.6 Å². The van der Waals surface area contributed by atoms with Gasteiger partial charge in [0.15, 0.2) is 0 Å². The second-order valence-corrected chi connectivity index (χ2v) is 7.12. The molecule has 0 aliphatic heterocycles. The number of hydrogen-bond donors (Lipinski definition) is 3. The summed E-state index contributed by atoms with van der Waals surface area (Å²) >= 11 is 3.92. The van der Waals surface area contributed by atoms with E-state index in [0.717, 1.165) is 19.3 Å². The average molecular weight is 452 g/mol. The highest BCUT2D eigenvalue weighted by atomic mass is 32.1. The molecule has 2 amide bonds. The molecule has 0 bridgehead atoms. The highest BCUT2D eigenvalue weighted by Crippen LogP contribution is 2.29. The average Bonchev–Trinajstić information content (AvgIpc) is 2.85. The molecule has 166 valence electrons. The lowest BCUT2D eigenvalue weighted by molar-refractivity contribution is -0.118. The molecule has 2 N–H and O–H groups in total. The lowest BCUT2D eigenvalue weighted by Crippen LogP contribution is -2.26. The van der Waals surface area contributed by atoms with Crippen LogP contribution in [0.5, 0.6) is 0 Å². The van der Waals surface area contributed by atoms with Crippen molar-refractivity contribution in [1.29, 1.82) is 0 Å². The number of nitrogens with one attached hydrogen (secondary N) is 2. The Morgan fingerprint density at radius 3 is 2.00 bits per heavy atom. The molecule has 0 saturated carbocycles. The van der Waals surface area contributed by atoms with Crippen molar-refractivity contribution < 1.29 is 9.59 Å². The number of unbranched alkanes of at least 4 members (excludes halogenated alkanes) is 2. The lowest BCUT2D eigenvalue weighted by Gasteiger charge is -2.20. The van der Waals surface area contributed by atoms with E-state index in [9.17, 15) is 9.59 Å². The van der Waals surface area contributed by atoms with Crippen molar-refractivity contribution in [2.24, 2.45) is 0 Å². The van der Waals surface area contributed by atoms with Crippen LogP contribution in [-0.4, -0.2) is 50.6 Å². The fourth-order valence-electron chi connectivity index (χ4n) is 2.93. The third kappa shape index (κ3) is 6.74. The molecule has 0 saturated heterocycles. The summed E-state index contributed by atoms with van der Waals surface area (Å²) in [6.45, 7) is 1.17. The van der Waals surface area contributed by atoms with Crippen LogP contribution < -0.4 is 15.5 Å². The van der Waals surface area contributed by atoms with E-state index < -0.39 is 0 Å². The molecule has 0 fully saturated rings. The van der Waals surface area contributed by atoms with E-state index >= 15 is 0 Å². The molecule has 0 aliphatic carbocycles. The van der Waals surface area contributed by atoms with E-state index in [1.807, 2.05) is 6.07 Å². The molecular formula is C22H25N7O2S. The number of rotatable bonds is 11. The van der Waals surface area contributed by atoms with Crippen molar-refractivity contribution in [2.75, 3.05) is 23.7 Å². The largest absolute Gasteiger partial charge is 0.355 e. The van der Waals surface area contributed by atoms with E-state index in [1.54, 1.807) is 60.0 Å². The van der Waals surface area contributed by atoms with Gasteiger partial charge in [-0.1, -0.05) is 6.07 Å². The third-order valence-electron chi connectivity index (χ3n) is 4.48. The van der Waals surface area contributed by atoms with Gasteiger partial charge in [0.2, 0.25) is 17.8 Å². The van der Waals surface area contributed by atoms with E-state index in [1.165, 1.54) is 0 Å². The van der Waals surface area contributed by atoms with Gasteiger partial charge in [0.25, 0.3) is 5.91 Å². The second-order valence-electron chi connectivity index (χ2n) is 6.81. The van der Waals surface area contributed by atoms with Gasteiger partial charge in [-0.2, -0.15) is 12.6 Å². The highest BCUT2D eigenvalue weighted by Gasteiger charge is 2.18. The molecule has 0 unspecified atom stereocenters. The van der Waals surface area contributed by atoms with Crippen LogP contribution in [0.25, 0.3) is 0 Å². The van der Waals surface area contributed by atoms with Crippen LogP contribution in [0.3, 0.4) is 0 Å². The first-order valence-corrected chi connectivity index (χ1v) is 10.9. The van der Waals surface area contributed by atoms with Crippen LogP contribution in [-0.2, 0) is 4.79 Å². The van der Waals surface area contributed by atoms with Crippen molar-refractivity contribution in [3.63, 3.8) is 0 Å². The summed E-state index contributed by atoms with van der Waals surface area (Å²) < 4.78 is 0. The Bertz CT molecular complexity index is 966. The molecule has 3 aromatic rings. The number of hydrogen-bond acceptors (Lipinski definition) is 8. The molecule has 1 aromatic carbocycles. The lowest BCUT2D eigenvalue weighted by atomic mass is 10.1. The van der Waals surface area contributed by atoms with Gasteiger partial charge in [-0.25, -0.2) is 24.8 Å². The summed E-state index contributed by atoms with van der Waals surface area (Å²) in [5, 5.41) is 5.71. The van der Waals surface area contributed by atoms with Crippen LogP contribution in [0.4, 0.5) is 17.6 Å². The first-order chi connectivity index (χ1) is 15.7. The molecule has 0 radical (unpaired) electrons. The van der Waals surface area contributed by atoms with Gasteiger partial charge < -0.3 is 10.6 Å². The molecule has 32 heavy (non-hydrogen) atoms. The van der Waals surface area contributed by atoms with Crippen molar-refractivity contribution in [1.82, 2.24) is 30.6 Å². The Kier molecular flexibility index (Phi) is 8.93. The number of carbonyl (C=O) groups excluding carboxylic acids is 2. The topological polar surface area (TPSA) is 113 Å². The van der Waals surface area contributed by atoms with Gasteiger partial charge in [0.1, 0.15) is 0 Å². The van der Waals surface area contributed by atoms with Gasteiger partial charge >= 0.3 is 0 Å². The van der Waals surface area contributed by atoms with Crippen molar-refractivity contribution in [2.45, 2.75) is 19.3 Å². The first kappa shape index (κ1) is 23.1. The van der Waals surface area contributed by atoms with E-state index in [4.69, 9.17) is 0 Å². The van der Waals surface area contributed by atoms with Gasteiger partial charge in [0.05, 0.1) is 11.4 Å². The van der Waals surface area contributed by atoms with E-state index in [-0.39, 0.29) is 17.6 Å². The summed E-state index contributed by atoms with van der Waals surface area (Å²) in [6.07, 6.45) is 9.13. The van der Waals surface area contributed by atoms with Crippen LogP contribution in [0.1, 0.15) is 29.6 Å². The molecule has 3 rings (SSSR count). The second kappa shape index (κ2) is 12.4. The molecule has 2 aromatic heterocycles. The minimum absolute atomic E-state index is 0.0719. The SMILES string of the molecule is O=C(CS)NCCCCCNC(=O)c1cccc(N(c2ncccn2)c2ncccn2)c1. The normalized spacial score (nSPS) is 10.4. The summed E-state index contributed by atoms with van der Waals surface area (Å²) in [4.78, 5) is 42.7. The summed E-state index contributed by atoms with van der Waals surface area (Å²) in [5.41, 5.74) is 1.19. The standard InChI is InChI=1S/C22H25N7O2S/c30-19(16-32)23-9-2-1-3-10-24-20(31)17-7-4-8-18(15-17)29(21-25-11-5-12-26-21)22-27-13-6-14-28-22/h4-8,11-15,32H,1-3,9-10,16H2,(H,23,30)(H,24,31). The van der Waals surface area contributed by atoms with E-state index in [2.05, 4.69) is 43.2 Å². The van der Waals surface area contributed by atoms with Crippen LogP contribution >= 0.6 is 12.6 Å². The zero-order valence-electron chi connectivity index (χ0n) is 17.5. The Morgan fingerprint density at radius 2 is 1.41 bits per heavy atom. The van der Waals surface area contributed by atoms with Crippen LogP contribution in [0.2, 0.25) is 0 Å². The Morgan fingerprint density at radius 1 is 0.812 bits per heavy atom. The first-order valence-electron chi connectivity index (χ1n) is 10.3. The van der Waals surface area contributed by atoms with Crippen LogP contribution in [0.15, 0.2) is 61.2 Å². The zero-order chi connectivity index (χ0) is 22.6. The smallest absolute Gasteiger partial charge is 0.251 e. The number of carbonyl (C=O) groups is 2. The summed E-state index contributed by atoms with van der Waals surface area (Å²) in [5.74, 6) is 0.761. The summed E-state index contributed by atoms with van der Waals surface area (Å²) in [6, 6.07) is 10.6. The minimum atomic E-state index is -0.168. The van der Waals surface area contributed by atoms with Crippen molar-refractivity contribution in [3.05, 3.63) is 66.7 Å². The molecule has 2 heterocycles. The Hall–Kier alpha value is -3.53. The van der Waals surface area contributed by atoms with Crippen LogP contribution in [0, 0.1) is 0 Å². The number of benzene rings is 1. The quantitative estimate of drug-likeness (QED) is 0.303.